The fraction of sp³-hybridized carbons (Fsp3) is 0.203. The van der Waals surface area contributed by atoms with Crippen LogP contribution in [-0.4, -0.2) is 27.4 Å². The van der Waals surface area contributed by atoms with Crippen LogP contribution < -0.4 is 0 Å². The lowest BCUT2D eigenvalue weighted by molar-refractivity contribution is 0.590. The SMILES string of the molecule is C.CC(C)C.CC(C)C.Cn1c2cc(-c3ccccc3)ccc2c2c(C(C)(C)C)cccc21.Cn1c2cc(-c3ccccc3)ccc2c2ccc(C(C)(C)C)cc21.Cn1c2ccc(-c3ccccc3)cc2c2cc(C(C)(C)C)ccc21.Cn1c2ccc(-c3ccccc3)cc2c2cccc(C(C)(C)C)c21.c1ccc(-c2ccc(-n3c4ccccc4c4ccccc43)cc2)cc1.c1ccc(-n2c3ccccc3c3ccccc32)cc1. The molecule has 0 aliphatic rings. The highest BCUT2D eigenvalue weighted by Crippen LogP contribution is 2.44. The second-order valence-corrected chi connectivity index (χ2v) is 44.9. The average Bonchev–Trinajstić information content (AvgIpc) is 1.61. The van der Waals surface area contributed by atoms with Crippen LogP contribution in [0.15, 0.2) is 449 Å². The normalized spacial score (nSPS) is 11.6. The third kappa shape index (κ3) is 22.3. The van der Waals surface area contributed by atoms with E-state index >= 15 is 0 Å². The maximum Gasteiger partial charge on any atom is 0.0541 e. The van der Waals surface area contributed by atoms with Crippen molar-refractivity contribution in [2.45, 2.75) is 154 Å². The molecule has 149 heavy (non-hydrogen) atoms. The van der Waals surface area contributed by atoms with Gasteiger partial charge in [0.25, 0.3) is 0 Å². The van der Waals surface area contributed by atoms with Gasteiger partial charge < -0.3 is 27.4 Å². The number of aryl methyl sites for hydroxylation is 4. The molecular formula is C143H146N6. The first-order valence-corrected chi connectivity index (χ1v) is 52.6. The Morgan fingerprint density at radius 1 is 0.168 bits per heavy atom. The van der Waals surface area contributed by atoms with Gasteiger partial charge in [0.15, 0.2) is 0 Å². The van der Waals surface area contributed by atoms with E-state index in [1.54, 1.807) is 0 Å². The summed E-state index contributed by atoms with van der Waals surface area (Å²) in [6.07, 6.45) is 0. The number of hydrogen-bond acceptors (Lipinski definition) is 0. The van der Waals surface area contributed by atoms with Crippen LogP contribution in [0.3, 0.4) is 0 Å². The van der Waals surface area contributed by atoms with Gasteiger partial charge in [0.2, 0.25) is 0 Å². The van der Waals surface area contributed by atoms with Crippen LogP contribution >= 0.6 is 0 Å². The summed E-state index contributed by atoms with van der Waals surface area (Å²) in [4.78, 5) is 0. The molecule has 0 aliphatic heterocycles. The standard InChI is InChI=1S/C24H17N.4C23H23N.C18H13N.2C4H10.CH4/c1-2-8-18(9-3-1)19-14-16-20(17-15-19)25-23-12-6-4-10-21(23)22-11-5-7-13-24(22)25;1-23(2,3)19-11-8-12-20-22(19)18-14-13-17(15-21(18)24(20)4)16-9-6-5-7-10-16;1-23(2,3)20-12-8-11-18-19-15-17(16-9-6-5-7-10-16)13-14-21(19)24(4)22(18)20;1-23(2,3)18-11-13-22-20(15-18)19-14-17(10-12-21(19)24(22)4)16-8-6-5-7-9-16;1-23(2,3)18-11-13-20-19-12-10-17(16-8-6-5-7-9-16)14-21(19)24(4)22(20)15-18;1-2-8-14(9-3-1)19-17-12-6-4-10-15(17)16-11-5-7-13-18(16)19;2*1-4(2)3;/h1-17H;4*5-15H,1-4H3;1-13H;2*4H,1-3H3;1H4. The summed E-state index contributed by atoms with van der Waals surface area (Å²) in [5, 5.41) is 16.0. The number of hydrogen-bond donors (Lipinski definition) is 0. The van der Waals surface area contributed by atoms with Gasteiger partial charge in [-0.05, 0) is 221 Å². The molecule has 0 saturated carbocycles. The molecule has 0 saturated heterocycles. The number of fused-ring (bicyclic) bond motifs is 18. The maximum absolute atomic E-state index is 2.37. The summed E-state index contributed by atoms with van der Waals surface area (Å²) in [5.41, 5.74) is 36.6. The quantitative estimate of drug-likeness (QED) is 0.152. The number of para-hydroxylation sites is 6. The average molecular weight is 1950 g/mol. The highest BCUT2D eigenvalue weighted by atomic mass is 15.0. The number of rotatable bonds is 7. The molecule has 0 atom stereocenters. The second kappa shape index (κ2) is 44.3. The van der Waals surface area contributed by atoms with Gasteiger partial charge in [0.1, 0.15) is 0 Å². The van der Waals surface area contributed by atoms with E-state index in [1.807, 2.05) is 0 Å². The van der Waals surface area contributed by atoms with Crippen molar-refractivity contribution in [3.8, 4) is 67.0 Å². The lowest BCUT2D eigenvalue weighted by atomic mass is 9.84. The molecule has 0 radical (unpaired) electrons. The molecule has 6 heterocycles. The molecule has 0 aliphatic carbocycles. The van der Waals surface area contributed by atoms with E-state index in [0.29, 0.717) is 0 Å². The molecule has 0 fully saturated rings. The minimum atomic E-state index is 0. The number of benzene rings is 19. The van der Waals surface area contributed by atoms with E-state index in [-0.39, 0.29) is 29.1 Å². The molecule has 0 bridgehead atoms. The zero-order valence-corrected chi connectivity index (χ0v) is 90.6. The van der Waals surface area contributed by atoms with Gasteiger partial charge in [-0.15, -0.1) is 0 Å². The van der Waals surface area contributed by atoms with Crippen LogP contribution in [0.5, 0.6) is 0 Å². The van der Waals surface area contributed by atoms with E-state index in [4.69, 9.17) is 0 Å². The largest absolute Gasteiger partial charge is 0.344 e. The Morgan fingerprint density at radius 2 is 0.423 bits per heavy atom. The van der Waals surface area contributed by atoms with Gasteiger partial charge in [-0.25, -0.2) is 0 Å². The van der Waals surface area contributed by atoms with Crippen molar-refractivity contribution in [2.24, 2.45) is 40.0 Å². The third-order valence-corrected chi connectivity index (χ3v) is 28.2. The lowest BCUT2D eigenvalue weighted by Crippen LogP contribution is -2.12. The molecule has 25 rings (SSSR count). The van der Waals surface area contributed by atoms with E-state index in [2.05, 4.69) is 629 Å². The van der Waals surface area contributed by atoms with Gasteiger partial charge in [0.05, 0.1) is 27.6 Å². The van der Waals surface area contributed by atoms with E-state index in [9.17, 15) is 0 Å². The molecule has 0 N–H and O–H groups in total. The summed E-state index contributed by atoms with van der Waals surface area (Å²) in [6, 6.07) is 161. The molecule has 0 amide bonds. The summed E-state index contributed by atoms with van der Waals surface area (Å²) in [5.74, 6) is 1.67. The van der Waals surface area contributed by atoms with Crippen LogP contribution in [0.2, 0.25) is 0 Å². The molecule has 6 nitrogen and oxygen atoms in total. The molecule has 6 heteroatoms. The highest BCUT2D eigenvalue weighted by Gasteiger charge is 2.26. The molecule has 0 spiro atoms. The van der Waals surface area contributed by atoms with Crippen molar-refractivity contribution in [3.05, 3.63) is 471 Å². The lowest BCUT2D eigenvalue weighted by Gasteiger charge is -2.21. The van der Waals surface area contributed by atoms with Gasteiger partial charge in [-0.3, -0.25) is 0 Å². The fourth-order valence-electron chi connectivity index (χ4n) is 20.8. The smallest absolute Gasteiger partial charge is 0.0541 e. The maximum atomic E-state index is 2.37. The zero-order valence-electron chi connectivity index (χ0n) is 90.6. The molecule has 748 valence electrons. The predicted molar refractivity (Wildman–Crippen MR) is 653 cm³/mol. The first-order chi connectivity index (χ1) is 71.2. The van der Waals surface area contributed by atoms with E-state index in [0.717, 1.165) is 11.8 Å². The Balaban J connectivity index is 0.000000120. The van der Waals surface area contributed by atoms with Crippen LogP contribution in [0.25, 0.3) is 198 Å². The summed E-state index contributed by atoms with van der Waals surface area (Å²) in [7, 11) is 8.68. The Bertz CT molecular complexity index is 8760. The summed E-state index contributed by atoms with van der Waals surface area (Å²) in [6.45, 7) is 40.4. The summed E-state index contributed by atoms with van der Waals surface area (Å²) >= 11 is 0. The van der Waals surface area contributed by atoms with Crippen LogP contribution in [0.4, 0.5) is 0 Å². The van der Waals surface area contributed by atoms with Crippen molar-refractivity contribution < 1.29 is 0 Å². The van der Waals surface area contributed by atoms with Crippen molar-refractivity contribution >= 4 is 131 Å². The van der Waals surface area contributed by atoms with Crippen molar-refractivity contribution in [1.29, 1.82) is 0 Å². The summed E-state index contributed by atoms with van der Waals surface area (Å²) < 4.78 is 14.0. The highest BCUT2D eigenvalue weighted by molar-refractivity contribution is 6.15. The van der Waals surface area contributed by atoms with E-state index in [1.165, 1.54) is 220 Å². The first kappa shape index (κ1) is 104. The molecule has 0 unspecified atom stereocenters. The monoisotopic (exact) mass is 1950 g/mol. The molecular weight excluding hydrogens is 1800 g/mol. The number of aromatic nitrogens is 6. The van der Waals surface area contributed by atoms with Crippen LogP contribution in [0.1, 0.15) is 154 Å². The number of nitrogens with zero attached hydrogens (tertiary/aromatic N) is 6. The van der Waals surface area contributed by atoms with Crippen LogP contribution in [0, 0.1) is 11.8 Å². The van der Waals surface area contributed by atoms with Gasteiger partial charge in [-0.1, -0.05) is 472 Å². The van der Waals surface area contributed by atoms with Crippen molar-refractivity contribution in [1.82, 2.24) is 27.4 Å². The Kier molecular flexibility index (Phi) is 31.1. The van der Waals surface area contributed by atoms with Crippen molar-refractivity contribution in [3.63, 3.8) is 0 Å². The predicted octanol–water partition coefficient (Wildman–Crippen LogP) is 40.4. The first-order valence-electron chi connectivity index (χ1n) is 52.6. The Morgan fingerprint density at radius 3 is 0.839 bits per heavy atom. The Hall–Kier alpha value is -16.0. The van der Waals surface area contributed by atoms with Crippen LogP contribution in [-0.2, 0) is 49.9 Å². The minimum absolute atomic E-state index is 0. The second-order valence-electron chi connectivity index (χ2n) is 44.9. The van der Waals surface area contributed by atoms with E-state index < -0.39 is 0 Å². The molecule has 6 aromatic heterocycles. The van der Waals surface area contributed by atoms with Crippen molar-refractivity contribution in [2.75, 3.05) is 0 Å². The van der Waals surface area contributed by atoms with Gasteiger partial charge >= 0.3 is 0 Å². The van der Waals surface area contributed by atoms with Gasteiger partial charge in [-0.2, -0.15) is 0 Å². The fourth-order valence-corrected chi connectivity index (χ4v) is 20.8. The topological polar surface area (TPSA) is 29.6 Å². The molecule has 25 aromatic rings. The Labute approximate surface area is 883 Å². The zero-order chi connectivity index (χ0) is 104. The molecule has 19 aromatic carbocycles. The third-order valence-electron chi connectivity index (χ3n) is 28.2. The van der Waals surface area contributed by atoms with Gasteiger partial charge in [0, 0.05) is 143 Å². The minimum Gasteiger partial charge on any atom is -0.344 e.